The first-order chi connectivity index (χ1) is 10.1. The van der Waals surface area contributed by atoms with Crippen molar-refractivity contribution in [2.45, 2.75) is 51.7 Å². The third-order valence-electron chi connectivity index (χ3n) is 4.34. The molecule has 0 aromatic carbocycles. The highest BCUT2D eigenvalue weighted by molar-refractivity contribution is 5.78. The summed E-state index contributed by atoms with van der Waals surface area (Å²) in [6.07, 6.45) is 4.90. The van der Waals surface area contributed by atoms with E-state index in [1.54, 1.807) is 0 Å². The van der Waals surface area contributed by atoms with Gasteiger partial charge in [-0.1, -0.05) is 13.8 Å². The number of carbonyl (C=O) groups is 1. The number of rotatable bonds is 7. The maximum Gasteiger partial charge on any atom is 0.234 e. The van der Waals surface area contributed by atoms with Crippen molar-refractivity contribution < 1.29 is 9.53 Å². The first-order valence-electron chi connectivity index (χ1n) is 8.47. The lowest BCUT2D eigenvalue weighted by molar-refractivity contribution is -0.123. The second kappa shape index (κ2) is 8.71. The number of piperidine rings is 1. The highest BCUT2D eigenvalue weighted by Gasteiger charge is 2.22. The molecule has 2 unspecified atom stereocenters. The Labute approximate surface area is 128 Å². The van der Waals surface area contributed by atoms with Crippen LogP contribution in [0.5, 0.6) is 0 Å². The lowest BCUT2D eigenvalue weighted by atomic mass is 9.97. The van der Waals surface area contributed by atoms with E-state index in [0.717, 1.165) is 39.1 Å². The van der Waals surface area contributed by atoms with Crippen LogP contribution in [0.4, 0.5) is 0 Å². The van der Waals surface area contributed by atoms with Crippen molar-refractivity contribution >= 4 is 5.91 Å². The molecule has 2 N–H and O–H groups in total. The molecule has 1 amide bonds. The maximum atomic E-state index is 12.0. The molecule has 21 heavy (non-hydrogen) atoms. The van der Waals surface area contributed by atoms with Crippen LogP contribution in [0, 0.1) is 5.92 Å². The fraction of sp³-hybridized carbons (Fsp3) is 0.938. The lowest BCUT2D eigenvalue weighted by Crippen LogP contribution is -2.46. The summed E-state index contributed by atoms with van der Waals surface area (Å²) in [5.41, 5.74) is 0. The molecule has 5 heteroatoms. The van der Waals surface area contributed by atoms with E-state index in [1.807, 2.05) is 0 Å². The second-order valence-corrected chi connectivity index (χ2v) is 6.75. The molecule has 122 valence electrons. The van der Waals surface area contributed by atoms with Gasteiger partial charge >= 0.3 is 0 Å². The Hall–Kier alpha value is -0.650. The molecular weight excluding hydrogens is 266 g/mol. The van der Waals surface area contributed by atoms with Gasteiger partial charge in [0, 0.05) is 25.7 Å². The topological polar surface area (TPSA) is 53.6 Å². The molecule has 0 aliphatic carbocycles. The molecule has 0 aromatic rings. The number of carbonyl (C=O) groups excluding carboxylic acids is 1. The van der Waals surface area contributed by atoms with E-state index in [2.05, 4.69) is 29.4 Å². The van der Waals surface area contributed by atoms with E-state index in [-0.39, 0.29) is 12.0 Å². The summed E-state index contributed by atoms with van der Waals surface area (Å²) >= 11 is 0. The van der Waals surface area contributed by atoms with Crippen LogP contribution in [-0.2, 0) is 9.53 Å². The van der Waals surface area contributed by atoms with Crippen LogP contribution in [0.3, 0.4) is 0 Å². The molecule has 5 nitrogen and oxygen atoms in total. The summed E-state index contributed by atoms with van der Waals surface area (Å²) in [4.78, 5) is 14.3. The molecular formula is C16H31N3O2. The third-order valence-corrected chi connectivity index (χ3v) is 4.34. The van der Waals surface area contributed by atoms with E-state index in [0.29, 0.717) is 25.0 Å². The average molecular weight is 297 g/mol. The van der Waals surface area contributed by atoms with Gasteiger partial charge < -0.3 is 15.4 Å². The summed E-state index contributed by atoms with van der Waals surface area (Å²) in [5, 5.41) is 6.52. The SMILES string of the molecule is CC(C)NCC1CCCN(CC(=O)NCC2CCCO2)C1. The van der Waals surface area contributed by atoms with Crippen LogP contribution in [0.25, 0.3) is 0 Å². The van der Waals surface area contributed by atoms with E-state index in [4.69, 9.17) is 4.74 Å². The number of likely N-dealkylation sites (tertiary alicyclic amines) is 1. The minimum Gasteiger partial charge on any atom is -0.376 e. The minimum absolute atomic E-state index is 0.142. The standard InChI is InChI=1S/C16H31N3O2/c1-13(2)17-9-14-5-3-7-19(11-14)12-16(20)18-10-15-6-4-8-21-15/h13-15,17H,3-12H2,1-2H3,(H,18,20). The Kier molecular flexibility index (Phi) is 6.93. The molecule has 2 saturated heterocycles. The number of hydrogen-bond donors (Lipinski definition) is 2. The van der Waals surface area contributed by atoms with Gasteiger partial charge in [0.2, 0.25) is 5.91 Å². The van der Waals surface area contributed by atoms with Crippen molar-refractivity contribution in [1.82, 2.24) is 15.5 Å². The lowest BCUT2D eigenvalue weighted by Gasteiger charge is -2.32. The molecule has 2 heterocycles. The van der Waals surface area contributed by atoms with Gasteiger partial charge in [-0.3, -0.25) is 9.69 Å². The molecule has 0 aromatic heterocycles. The zero-order valence-electron chi connectivity index (χ0n) is 13.6. The van der Waals surface area contributed by atoms with Crippen molar-refractivity contribution in [3.05, 3.63) is 0 Å². The van der Waals surface area contributed by atoms with Crippen LogP contribution < -0.4 is 10.6 Å². The molecule has 2 aliphatic rings. The summed E-state index contributed by atoms with van der Waals surface area (Å²) in [6, 6.07) is 0.537. The Morgan fingerprint density at radius 2 is 2.14 bits per heavy atom. The van der Waals surface area contributed by atoms with Gasteiger partial charge in [0.1, 0.15) is 0 Å². The summed E-state index contributed by atoms with van der Waals surface area (Å²) in [5.74, 6) is 0.815. The highest BCUT2D eigenvalue weighted by Crippen LogP contribution is 2.15. The van der Waals surface area contributed by atoms with Crippen molar-refractivity contribution in [2.75, 3.05) is 39.3 Å². The van der Waals surface area contributed by atoms with Crippen LogP contribution in [0.2, 0.25) is 0 Å². The number of ether oxygens (including phenoxy) is 1. The van der Waals surface area contributed by atoms with Crippen LogP contribution in [-0.4, -0.2) is 62.3 Å². The summed E-state index contributed by atoms with van der Waals surface area (Å²) < 4.78 is 5.53. The zero-order chi connectivity index (χ0) is 15.1. The first-order valence-corrected chi connectivity index (χ1v) is 8.47. The van der Waals surface area contributed by atoms with E-state index < -0.39 is 0 Å². The number of hydrogen-bond acceptors (Lipinski definition) is 4. The van der Waals surface area contributed by atoms with Crippen molar-refractivity contribution in [3.8, 4) is 0 Å². The van der Waals surface area contributed by atoms with Crippen molar-refractivity contribution in [3.63, 3.8) is 0 Å². The van der Waals surface area contributed by atoms with Crippen LogP contribution in [0.1, 0.15) is 39.5 Å². The molecule has 0 spiro atoms. The Bertz CT molecular complexity index is 317. The quantitative estimate of drug-likeness (QED) is 0.736. The molecule has 0 saturated carbocycles. The van der Waals surface area contributed by atoms with Crippen LogP contribution in [0.15, 0.2) is 0 Å². The van der Waals surface area contributed by atoms with Gasteiger partial charge in [-0.05, 0) is 44.7 Å². The van der Waals surface area contributed by atoms with E-state index in [1.165, 1.54) is 12.8 Å². The predicted molar refractivity (Wildman–Crippen MR) is 84.3 cm³/mol. The Morgan fingerprint density at radius 1 is 1.29 bits per heavy atom. The Morgan fingerprint density at radius 3 is 2.86 bits per heavy atom. The van der Waals surface area contributed by atoms with E-state index in [9.17, 15) is 4.79 Å². The normalized spacial score (nSPS) is 27.2. The van der Waals surface area contributed by atoms with Crippen molar-refractivity contribution in [2.24, 2.45) is 5.92 Å². The third kappa shape index (κ3) is 6.32. The van der Waals surface area contributed by atoms with Crippen molar-refractivity contribution in [1.29, 1.82) is 0 Å². The second-order valence-electron chi connectivity index (χ2n) is 6.75. The van der Waals surface area contributed by atoms with Gasteiger partial charge in [0.05, 0.1) is 12.6 Å². The molecule has 0 bridgehead atoms. The Balaban J connectivity index is 1.62. The molecule has 2 aliphatic heterocycles. The predicted octanol–water partition coefficient (Wildman–Crippen LogP) is 0.992. The molecule has 0 radical (unpaired) electrons. The fourth-order valence-electron chi connectivity index (χ4n) is 3.16. The molecule has 2 rings (SSSR count). The maximum absolute atomic E-state index is 12.0. The van der Waals surface area contributed by atoms with Crippen LogP contribution >= 0.6 is 0 Å². The van der Waals surface area contributed by atoms with Gasteiger partial charge in [0.25, 0.3) is 0 Å². The number of amides is 1. The largest absolute Gasteiger partial charge is 0.376 e. The fourth-order valence-corrected chi connectivity index (χ4v) is 3.16. The first kappa shape index (κ1) is 16.7. The number of nitrogens with one attached hydrogen (secondary N) is 2. The highest BCUT2D eigenvalue weighted by atomic mass is 16.5. The van der Waals surface area contributed by atoms with Gasteiger partial charge in [0.15, 0.2) is 0 Å². The molecule has 2 fully saturated rings. The van der Waals surface area contributed by atoms with Gasteiger partial charge in [-0.2, -0.15) is 0 Å². The smallest absolute Gasteiger partial charge is 0.234 e. The summed E-state index contributed by atoms with van der Waals surface area (Å²) in [7, 11) is 0. The summed E-state index contributed by atoms with van der Waals surface area (Å²) in [6.45, 7) is 9.55. The monoisotopic (exact) mass is 297 g/mol. The minimum atomic E-state index is 0.142. The molecule has 2 atom stereocenters. The zero-order valence-corrected chi connectivity index (χ0v) is 13.6. The van der Waals surface area contributed by atoms with E-state index >= 15 is 0 Å². The van der Waals surface area contributed by atoms with Gasteiger partial charge in [-0.25, -0.2) is 0 Å². The van der Waals surface area contributed by atoms with Gasteiger partial charge in [-0.15, -0.1) is 0 Å². The number of nitrogens with zero attached hydrogens (tertiary/aromatic N) is 1. The average Bonchev–Trinajstić information content (AvgIpc) is 2.97.